The first kappa shape index (κ1) is 13.6. The third-order valence-electron chi connectivity index (χ3n) is 4.43. The van der Waals surface area contributed by atoms with Gasteiger partial charge in [-0.1, -0.05) is 19.8 Å². The van der Waals surface area contributed by atoms with Crippen LogP contribution in [0, 0.1) is 5.41 Å². The van der Waals surface area contributed by atoms with Gasteiger partial charge < -0.3 is 10.8 Å². The van der Waals surface area contributed by atoms with Crippen molar-refractivity contribution >= 4 is 0 Å². The van der Waals surface area contributed by atoms with E-state index < -0.39 is 0 Å². The lowest BCUT2D eigenvalue weighted by molar-refractivity contribution is 0.0990. The second-order valence-electron chi connectivity index (χ2n) is 5.50. The number of hydrogen-bond donors (Lipinski definition) is 2. The molecule has 2 rings (SSSR count). The second kappa shape index (κ2) is 5.85. The fraction of sp³-hybridized carbons (Fsp3) is 0.786. The van der Waals surface area contributed by atoms with E-state index in [0.717, 1.165) is 25.8 Å². The van der Waals surface area contributed by atoms with Gasteiger partial charge >= 0.3 is 0 Å². The summed E-state index contributed by atoms with van der Waals surface area (Å²) in [6.07, 6.45) is 7.51. The highest BCUT2D eigenvalue weighted by Crippen LogP contribution is 2.48. The van der Waals surface area contributed by atoms with Crippen LogP contribution < -0.4 is 5.73 Å². The van der Waals surface area contributed by atoms with Crippen LogP contribution in [0.25, 0.3) is 0 Å². The van der Waals surface area contributed by atoms with Crippen LogP contribution in [0.5, 0.6) is 0 Å². The minimum absolute atomic E-state index is 0.0136. The average Bonchev–Trinajstić information content (AvgIpc) is 3.02. The third kappa shape index (κ3) is 2.31. The van der Waals surface area contributed by atoms with Crippen molar-refractivity contribution in [3.8, 4) is 0 Å². The Balaban J connectivity index is 2.29. The van der Waals surface area contributed by atoms with Crippen LogP contribution in [0.15, 0.2) is 12.3 Å². The van der Waals surface area contributed by atoms with Crippen molar-refractivity contribution < 1.29 is 5.11 Å². The molecule has 1 atom stereocenters. The predicted octanol–water partition coefficient (Wildman–Crippen LogP) is 1.89. The minimum Gasteiger partial charge on any atom is -0.396 e. The number of nitrogens with zero attached hydrogens (tertiary/aromatic N) is 2. The molecule has 1 fully saturated rings. The molecule has 0 radical (unpaired) electrons. The highest BCUT2D eigenvalue weighted by Gasteiger charge is 2.42. The zero-order valence-corrected chi connectivity index (χ0v) is 11.3. The lowest BCUT2D eigenvalue weighted by Crippen LogP contribution is -2.36. The Hall–Kier alpha value is -0.870. The molecule has 1 aliphatic carbocycles. The second-order valence-corrected chi connectivity index (χ2v) is 5.50. The summed E-state index contributed by atoms with van der Waals surface area (Å²) in [4.78, 5) is 0. The first-order valence-corrected chi connectivity index (χ1v) is 7.10. The molecular formula is C14H25N3O. The molecule has 1 aromatic rings. The molecule has 18 heavy (non-hydrogen) atoms. The van der Waals surface area contributed by atoms with Crippen LogP contribution in [0.4, 0.5) is 0 Å². The zero-order chi connectivity index (χ0) is 13.0. The van der Waals surface area contributed by atoms with E-state index in [2.05, 4.69) is 22.8 Å². The van der Waals surface area contributed by atoms with Gasteiger partial charge in [-0.2, -0.15) is 5.10 Å². The first-order chi connectivity index (χ1) is 8.77. The molecule has 4 heteroatoms. The molecule has 102 valence electrons. The maximum atomic E-state index is 9.85. The quantitative estimate of drug-likeness (QED) is 0.811. The largest absolute Gasteiger partial charge is 0.396 e. The first-order valence-electron chi connectivity index (χ1n) is 7.10. The standard InChI is InChI=1S/C14H25N3O/c1-2-9-17-13(5-8-16-17)12(10-15)14(11-18)6-3-4-7-14/h5,8,12,18H,2-4,6-7,9-11,15H2,1H3. The van der Waals surface area contributed by atoms with E-state index in [-0.39, 0.29) is 17.9 Å². The van der Waals surface area contributed by atoms with Gasteiger partial charge in [-0.05, 0) is 25.3 Å². The Labute approximate surface area is 109 Å². The molecule has 1 saturated carbocycles. The van der Waals surface area contributed by atoms with Gasteiger partial charge in [-0.3, -0.25) is 4.68 Å². The monoisotopic (exact) mass is 251 g/mol. The van der Waals surface area contributed by atoms with Gasteiger partial charge in [0.1, 0.15) is 0 Å². The number of aromatic nitrogens is 2. The molecule has 0 aliphatic heterocycles. The predicted molar refractivity (Wildman–Crippen MR) is 72.3 cm³/mol. The molecular weight excluding hydrogens is 226 g/mol. The summed E-state index contributed by atoms with van der Waals surface area (Å²) in [6.45, 7) is 3.92. The van der Waals surface area contributed by atoms with Crippen molar-refractivity contribution in [2.24, 2.45) is 11.1 Å². The van der Waals surface area contributed by atoms with Crippen LogP contribution >= 0.6 is 0 Å². The Morgan fingerprint density at radius 2 is 2.22 bits per heavy atom. The van der Waals surface area contributed by atoms with E-state index in [1.165, 1.54) is 18.5 Å². The van der Waals surface area contributed by atoms with Gasteiger partial charge in [0.2, 0.25) is 0 Å². The zero-order valence-electron chi connectivity index (χ0n) is 11.3. The van der Waals surface area contributed by atoms with Crippen molar-refractivity contribution in [1.29, 1.82) is 0 Å². The third-order valence-corrected chi connectivity index (χ3v) is 4.43. The normalized spacial score (nSPS) is 20.2. The molecule has 1 heterocycles. The van der Waals surface area contributed by atoms with Crippen molar-refractivity contribution in [2.45, 2.75) is 51.5 Å². The Bertz CT molecular complexity index is 369. The SMILES string of the molecule is CCCn1nccc1C(CN)C1(CO)CCCC1. The van der Waals surface area contributed by atoms with Gasteiger partial charge in [-0.25, -0.2) is 0 Å². The van der Waals surface area contributed by atoms with Crippen molar-refractivity contribution in [3.63, 3.8) is 0 Å². The van der Waals surface area contributed by atoms with Crippen LogP contribution in [0.3, 0.4) is 0 Å². The fourth-order valence-corrected chi connectivity index (χ4v) is 3.42. The number of rotatable bonds is 6. The van der Waals surface area contributed by atoms with Crippen LogP contribution in [-0.4, -0.2) is 28.0 Å². The van der Waals surface area contributed by atoms with Crippen molar-refractivity contribution in [3.05, 3.63) is 18.0 Å². The van der Waals surface area contributed by atoms with Gasteiger partial charge in [0.25, 0.3) is 0 Å². The van der Waals surface area contributed by atoms with Crippen molar-refractivity contribution in [1.82, 2.24) is 9.78 Å². The van der Waals surface area contributed by atoms with Gasteiger partial charge in [-0.15, -0.1) is 0 Å². The molecule has 0 bridgehead atoms. The number of aliphatic hydroxyl groups is 1. The van der Waals surface area contributed by atoms with Crippen molar-refractivity contribution in [2.75, 3.05) is 13.2 Å². The maximum absolute atomic E-state index is 9.85. The van der Waals surface area contributed by atoms with Crippen LogP contribution in [-0.2, 0) is 6.54 Å². The summed E-state index contributed by atoms with van der Waals surface area (Å²) in [6, 6.07) is 2.07. The fourth-order valence-electron chi connectivity index (χ4n) is 3.42. The lowest BCUT2D eigenvalue weighted by Gasteiger charge is -2.35. The Kier molecular flexibility index (Phi) is 4.40. The summed E-state index contributed by atoms with van der Waals surface area (Å²) in [5.74, 6) is 0.235. The topological polar surface area (TPSA) is 64.1 Å². The smallest absolute Gasteiger partial charge is 0.0494 e. The lowest BCUT2D eigenvalue weighted by atomic mass is 9.73. The Morgan fingerprint density at radius 3 is 2.78 bits per heavy atom. The van der Waals surface area contributed by atoms with E-state index in [4.69, 9.17) is 5.73 Å². The van der Waals surface area contributed by atoms with Gasteiger partial charge in [0, 0.05) is 42.9 Å². The van der Waals surface area contributed by atoms with Crippen LogP contribution in [0.1, 0.15) is 50.6 Å². The molecule has 3 N–H and O–H groups in total. The average molecular weight is 251 g/mol. The highest BCUT2D eigenvalue weighted by molar-refractivity contribution is 5.15. The van der Waals surface area contributed by atoms with E-state index in [0.29, 0.717) is 6.54 Å². The summed E-state index contributed by atoms with van der Waals surface area (Å²) in [7, 11) is 0. The van der Waals surface area contributed by atoms with E-state index in [1.807, 2.05) is 6.20 Å². The maximum Gasteiger partial charge on any atom is 0.0494 e. The summed E-state index contributed by atoms with van der Waals surface area (Å²) in [5.41, 5.74) is 7.21. The summed E-state index contributed by atoms with van der Waals surface area (Å²) in [5, 5.41) is 14.2. The molecule has 4 nitrogen and oxygen atoms in total. The summed E-state index contributed by atoms with van der Waals surface area (Å²) < 4.78 is 2.06. The number of hydrogen-bond acceptors (Lipinski definition) is 3. The van der Waals surface area contributed by atoms with Crippen LogP contribution in [0.2, 0.25) is 0 Å². The minimum atomic E-state index is -0.0136. The molecule has 1 aliphatic rings. The molecule has 0 aromatic carbocycles. The molecule has 0 amide bonds. The molecule has 1 aromatic heterocycles. The highest BCUT2D eigenvalue weighted by atomic mass is 16.3. The van der Waals surface area contributed by atoms with E-state index in [9.17, 15) is 5.11 Å². The summed E-state index contributed by atoms with van der Waals surface area (Å²) >= 11 is 0. The number of aryl methyl sites for hydroxylation is 1. The van der Waals surface area contributed by atoms with Gasteiger partial charge in [0.05, 0.1) is 0 Å². The van der Waals surface area contributed by atoms with E-state index in [1.54, 1.807) is 0 Å². The Morgan fingerprint density at radius 1 is 1.50 bits per heavy atom. The molecule has 1 unspecified atom stereocenters. The molecule has 0 spiro atoms. The van der Waals surface area contributed by atoms with Gasteiger partial charge in [0.15, 0.2) is 0 Å². The number of aliphatic hydroxyl groups excluding tert-OH is 1. The number of nitrogens with two attached hydrogens (primary N) is 1. The van der Waals surface area contributed by atoms with E-state index >= 15 is 0 Å². The molecule has 0 saturated heterocycles.